The monoisotopic (exact) mass is 232 g/mol. The molecule has 0 aromatic heterocycles. The number of nitrogens with two attached hydrogens (primary N) is 1. The van der Waals surface area contributed by atoms with Gasteiger partial charge < -0.3 is 10.6 Å². The van der Waals surface area contributed by atoms with E-state index >= 15 is 0 Å². The Labute approximate surface area is 100 Å². The lowest BCUT2D eigenvalue weighted by Gasteiger charge is -2.20. The van der Waals surface area contributed by atoms with E-state index in [-0.39, 0.29) is 0 Å². The van der Waals surface area contributed by atoms with Crippen LogP contribution in [-0.2, 0) is 0 Å². The molecule has 2 N–H and O–H groups in total. The van der Waals surface area contributed by atoms with E-state index in [9.17, 15) is 0 Å². The number of para-hydroxylation sites is 1. The van der Waals surface area contributed by atoms with Gasteiger partial charge >= 0.3 is 0 Å². The molecule has 2 rings (SSSR count). The van der Waals surface area contributed by atoms with Crippen LogP contribution in [0.1, 0.15) is 0 Å². The molecule has 0 aliphatic heterocycles. The molecule has 0 atom stereocenters. The van der Waals surface area contributed by atoms with Crippen LogP contribution in [0.15, 0.2) is 48.5 Å². The van der Waals surface area contributed by atoms with Crippen LogP contribution in [-0.4, -0.2) is 7.05 Å². The fraction of sp³-hybridized carbons (Fsp3) is 0.0769. The van der Waals surface area contributed by atoms with E-state index < -0.39 is 0 Å². The maximum Gasteiger partial charge on any atom is 0.0642 e. The molecule has 0 spiro atoms. The second-order valence-electron chi connectivity index (χ2n) is 3.60. The number of halogens is 1. The topological polar surface area (TPSA) is 29.3 Å². The first-order valence-corrected chi connectivity index (χ1v) is 5.40. The van der Waals surface area contributed by atoms with Gasteiger partial charge in [-0.05, 0) is 36.4 Å². The predicted octanol–water partition coefficient (Wildman–Crippen LogP) is 3.69. The number of rotatable bonds is 2. The second kappa shape index (κ2) is 4.45. The number of anilines is 3. The summed E-state index contributed by atoms with van der Waals surface area (Å²) < 4.78 is 0. The number of nitrogen functional groups attached to an aromatic ring is 1. The molecular formula is C13H13ClN2. The Bertz CT molecular complexity index is 480. The summed E-state index contributed by atoms with van der Waals surface area (Å²) in [6, 6.07) is 15.4. The largest absolute Gasteiger partial charge is 0.399 e. The van der Waals surface area contributed by atoms with E-state index in [4.69, 9.17) is 17.3 Å². The molecule has 2 aromatic rings. The molecule has 0 saturated carbocycles. The zero-order valence-electron chi connectivity index (χ0n) is 9.02. The molecule has 3 heteroatoms. The van der Waals surface area contributed by atoms with Gasteiger partial charge in [-0.25, -0.2) is 0 Å². The van der Waals surface area contributed by atoms with Crippen LogP contribution in [0, 0.1) is 0 Å². The van der Waals surface area contributed by atoms with Crippen molar-refractivity contribution in [3.05, 3.63) is 53.6 Å². The van der Waals surface area contributed by atoms with Crippen molar-refractivity contribution in [1.29, 1.82) is 0 Å². The smallest absolute Gasteiger partial charge is 0.0642 e. The van der Waals surface area contributed by atoms with Crippen LogP contribution in [0.2, 0.25) is 5.02 Å². The lowest BCUT2D eigenvalue weighted by atomic mass is 10.2. The minimum Gasteiger partial charge on any atom is -0.399 e. The Morgan fingerprint density at radius 2 is 1.62 bits per heavy atom. The molecule has 2 nitrogen and oxygen atoms in total. The molecule has 0 bridgehead atoms. The third-order valence-electron chi connectivity index (χ3n) is 2.49. The lowest BCUT2D eigenvalue weighted by molar-refractivity contribution is 1.21. The van der Waals surface area contributed by atoms with Crippen LogP contribution < -0.4 is 10.6 Å². The maximum absolute atomic E-state index is 6.13. The van der Waals surface area contributed by atoms with Crippen molar-refractivity contribution in [2.45, 2.75) is 0 Å². The number of hydrogen-bond acceptors (Lipinski definition) is 2. The molecule has 16 heavy (non-hydrogen) atoms. The van der Waals surface area contributed by atoms with Gasteiger partial charge in [-0.2, -0.15) is 0 Å². The SMILES string of the molecule is CN(c1ccc(N)cc1)c1ccccc1Cl. The molecule has 82 valence electrons. The van der Waals surface area contributed by atoms with Gasteiger partial charge in [0.25, 0.3) is 0 Å². The summed E-state index contributed by atoms with van der Waals surface area (Å²) in [5, 5.41) is 0.738. The standard InChI is InChI=1S/C13H13ClN2/c1-16(11-8-6-10(15)7-9-11)13-5-3-2-4-12(13)14/h2-9H,15H2,1H3. The zero-order valence-corrected chi connectivity index (χ0v) is 9.78. The third kappa shape index (κ3) is 2.12. The normalized spacial score (nSPS) is 10.1. The Kier molecular flexibility index (Phi) is 3.02. The van der Waals surface area contributed by atoms with Crippen molar-refractivity contribution in [2.24, 2.45) is 0 Å². The zero-order chi connectivity index (χ0) is 11.5. The predicted molar refractivity (Wildman–Crippen MR) is 70.4 cm³/mol. The highest BCUT2D eigenvalue weighted by atomic mass is 35.5. The molecule has 0 unspecified atom stereocenters. The quantitative estimate of drug-likeness (QED) is 0.801. The Morgan fingerprint density at radius 3 is 2.25 bits per heavy atom. The highest BCUT2D eigenvalue weighted by Crippen LogP contribution is 2.30. The van der Waals surface area contributed by atoms with E-state index in [0.29, 0.717) is 0 Å². The first kappa shape index (κ1) is 10.8. The average Bonchev–Trinajstić information content (AvgIpc) is 2.30. The molecule has 2 aromatic carbocycles. The number of nitrogens with zero attached hydrogens (tertiary/aromatic N) is 1. The Morgan fingerprint density at radius 1 is 1.00 bits per heavy atom. The summed E-state index contributed by atoms with van der Waals surface area (Å²) in [7, 11) is 1.98. The summed E-state index contributed by atoms with van der Waals surface area (Å²) >= 11 is 6.13. The van der Waals surface area contributed by atoms with Crippen LogP contribution >= 0.6 is 11.6 Å². The van der Waals surface area contributed by atoms with Gasteiger partial charge in [0.2, 0.25) is 0 Å². The van der Waals surface area contributed by atoms with Gasteiger partial charge in [-0.1, -0.05) is 23.7 Å². The molecule has 0 fully saturated rings. The first-order chi connectivity index (χ1) is 7.68. The van der Waals surface area contributed by atoms with E-state index in [2.05, 4.69) is 0 Å². The van der Waals surface area contributed by atoms with Crippen LogP contribution in [0.5, 0.6) is 0 Å². The van der Waals surface area contributed by atoms with E-state index in [1.165, 1.54) is 0 Å². The third-order valence-corrected chi connectivity index (χ3v) is 2.81. The summed E-state index contributed by atoms with van der Waals surface area (Å²) in [6.07, 6.45) is 0. The van der Waals surface area contributed by atoms with Crippen LogP contribution in [0.3, 0.4) is 0 Å². The highest BCUT2D eigenvalue weighted by molar-refractivity contribution is 6.33. The molecule has 0 saturated heterocycles. The van der Waals surface area contributed by atoms with Crippen molar-refractivity contribution in [3.8, 4) is 0 Å². The summed E-state index contributed by atoms with van der Waals surface area (Å²) in [6.45, 7) is 0. The molecule has 0 heterocycles. The highest BCUT2D eigenvalue weighted by Gasteiger charge is 2.06. The summed E-state index contributed by atoms with van der Waals surface area (Å²) in [5.74, 6) is 0. The van der Waals surface area contributed by atoms with Gasteiger partial charge in [0.05, 0.1) is 10.7 Å². The molecule has 0 radical (unpaired) electrons. The minimum absolute atomic E-state index is 0.738. The number of benzene rings is 2. The van der Waals surface area contributed by atoms with Crippen molar-refractivity contribution in [1.82, 2.24) is 0 Å². The molecule has 0 amide bonds. The minimum atomic E-state index is 0.738. The molecular weight excluding hydrogens is 220 g/mol. The fourth-order valence-corrected chi connectivity index (χ4v) is 1.82. The van der Waals surface area contributed by atoms with Gasteiger partial charge in [0.15, 0.2) is 0 Å². The van der Waals surface area contributed by atoms with E-state index in [1.54, 1.807) is 0 Å². The first-order valence-electron chi connectivity index (χ1n) is 5.02. The molecule has 0 aliphatic rings. The van der Waals surface area contributed by atoms with E-state index in [0.717, 1.165) is 22.1 Å². The van der Waals surface area contributed by atoms with Gasteiger partial charge in [-0.15, -0.1) is 0 Å². The number of hydrogen-bond donors (Lipinski definition) is 1. The Hall–Kier alpha value is -1.67. The molecule has 0 aliphatic carbocycles. The van der Waals surface area contributed by atoms with Crippen LogP contribution in [0.4, 0.5) is 17.1 Å². The van der Waals surface area contributed by atoms with Gasteiger partial charge in [-0.3, -0.25) is 0 Å². The van der Waals surface area contributed by atoms with Crippen molar-refractivity contribution in [3.63, 3.8) is 0 Å². The van der Waals surface area contributed by atoms with Gasteiger partial charge in [0, 0.05) is 18.4 Å². The average molecular weight is 233 g/mol. The van der Waals surface area contributed by atoms with Crippen molar-refractivity contribution >= 4 is 28.7 Å². The van der Waals surface area contributed by atoms with Crippen molar-refractivity contribution in [2.75, 3.05) is 17.7 Å². The Balaban J connectivity index is 2.35. The van der Waals surface area contributed by atoms with Crippen molar-refractivity contribution < 1.29 is 0 Å². The second-order valence-corrected chi connectivity index (χ2v) is 4.01. The lowest BCUT2D eigenvalue weighted by Crippen LogP contribution is -2.09. The van der Waals surface area contributed by atoms with Gasteiger partial charge in [0.1, 0.15) is 0 Å². The summed E-state index contributed by atoms with van der Waals surface area (Å²) in [5.41, 5.74) is 8.45. The summed E-state index contributed by atoms with van der Waals surface area (Å²) in [4.78, 5) is 2.03. The maximum atomic E-state index is 6.13. The van der Waals surface area contributed by atoms with Crippen LogP contribution in [0.25, 0.3) is 0 Å². The fourth-order valence-electron chi connectivity index (χ4n) is 1.56. The van der Waals surface area contributed by atoms with E-state index in [1.807, 2.05) is 60.5 Å².